The molecule has 0 spiro atoms. The molecule has 3 aromatic heterocycles. The summed E-state index contributed by atoms with van der Waals surface area (Å²) in [6.45, 7) is 0. The highest BCUT2D eigenvalue weighted by Gasteiger charge is 2.31. The van der Waals surface area contributed by atoms with E-state index in [0.29, 0.717) is 11.5 Å². The number of thiophene rings is 1. The summed E-state index contributed by atoms with van der Waals surface area (Å²) in [5.41, 5.74) is 3.25. The van der Waals surface area contributed by atoms with E-state index in [1.807, 2.05) is 36.4 Å². The number of benzene rings is 1. The van der Waals surface area contributed by atoms with Crippen LogP contribution < -0.4 is 20.1 Å². The highest BCUT2D eigenvalue weighted by atomic mass is 32.1. The highest BCUT2D eigenvalue weighted by Crippen LogP contribution is 2.46. The van der Waals surface area contributed by atoms with Gasteiger partial charge in [-0.1, -0.05) is 6.07 Å². The van der Waals surface area contributed by atoms with Crippen LogP contribution in [-0.4, -0.2) is 25.1 Å². The molecule has 4 aromatic rings. The van der Waals surface area contributed by atoms with E-state index in [1.165, 1.54) is 16.7 Å². The fraction of sp³-hybridized carbons (Fsp3) is 0.259. The summed E-state index contributed by atoms with van der Waals surface area (Å²) in [5, 5.41) is 7.54. The number of nitrogens with zero attached hydrogens (tertiary/aromatic N) is 1. The second-order valence-electron chi connectivity index (χ2n) is 8.29. The van der Waals surface area contributed by atoms with E-state index in [-0.39, 0.29) is 17.7 Å². The van der Waals surface area contributed by atoms with Gasteiger partial charge < -0.3 is 24.5 Å². The van der Waals surface area contributed by atoms with Crippen LogP contribution in [0.2, 0.25) is 0 Å². The Kier molecular flexibility index (Phi) is 6.72. The zero-order valence-electron chi connectivity index (χ0n) is 19.7. The summed E-state index contributed by atoms with van der Waals surface area (Å²) in [7, 11) is 3.29. The maximum Gasteiger partial charge on any atom is 0.291 e. The molecule has 0 bridgehead atoms. The molecule has 1 amide bonds. The number of carbonyl (C=O) groups excluding carboxylic acids is 1. The molecule has 35 heavy (non-hydrogen) atoms. The quantitative estimate of drug-likeness (QED) is 0.312. The topological polar surface area (TPSA) is 85.6 Å². The Bertz CT molecular complexity index is 1300. The number of aryl methyl sites for hydroxylation is 1. The molecule has 1 atom stereocenters. The largest absolute Gasteiger partial charge is 0.497 e. The van der Waals surface area contributed by atoms with Crippen molar-refractivity contribution < 1.29 is 18.7 Å². The number of nitrogens with one attached hydrogen (secondary N) is 2. The summed E-state index contributed by atoms with van der Waals surface area (Å²) in [6, 6.07) is 14.6. The third-order valence-electron chi connectivity index (χ3n) is 6.18. The number of aromatic nitrogens is 1. The van der Waals surface area contributed by atoms with Crippen molar-refractivity contribution >= 4 is 28.1 Å². The molecule has 1 aliphatic carbocycles. The van der Waals surface area contributed by atoms with Crippen molar-refractivity contribution in [2.45, 2.75) is 31.7 Å². The summed E-state index contributed by atoms with van der Waals surface area (Å²) in [4.78, 5) is 18.8. The van der Waals surface area contributed by atoms with Gasteiger partial charge in [0.1, 0.15) is 22.3 Å². The molecule has 0 saturated heterocycles. The number of ether oxygens (including phenoxy) is 2. The standard InChI is InChI=1S/C27H27N3O4S/c1-32-17-12-13-18(21(16-17)33-2)25(29-23-11-5-6-14-28-23)24-19-8-3-4-10-22(19)35-27(24)30-26(31)20-9-7-15-34-20/h5-7,9,11-16,25H,3-4,8,10H2,1-2H3,(H,28,29)(H,30,31). The van der Waals surface area contributed by atoms with Crippen molar-refractivity contribution in [2.24, 2.45) is 0 Å². The lowest BCUT2D eigenvalue weighted by Crippen LogP contribution is -2.19. The molecule has 8 heteroatoms. The zero-order valence-corrected chi connectivity index (χ0v) is 20.5. The van der Waals surface area contributed by atoms with Gasteiger partial charge in [-0.25, -0.2) is 4.98 Å². The summed E-state index contributed by atoms with van der Waals surface area (Å²) in [6.07, 6.45) is 7.47. The number of amides is 1. The number of hydrogen-bond acceptors (Lipinski definition) is 7. The molecular weight excluding hydrogens is 462 g/mol. The first kappa shape index (κ1) is 23.0. The molecule has 7 nitrogen and oxygen atoms in total. The van der Waals surface area contributed by atoms with Crippen LogP contribution in [0.5, 0.6) is 11.5 Å². The molecule has 0 radical (unpaired) electrons. The SMILES string of the molecule is COc1ccc(C(Nc2ccccn2)c2c(NC(=O)c3ccco3)sc3c2CCCC3)c(OC)c1. The molecular formula is C27H27N3O4S. The van der Waals surface area contributed by atoms with Gasteiger partial charge in [0.25, 0.3) is 5.91 Å². The van der Waals surface area contributed by atoms with E-state index in [2.05, 4.69) is 15.6 Å². The highest BCUT2D eigenvalue weighted by molar-refractivity contribution is 7.16. The van der Waals surface area contributed by atoms with Gasteiger partial charge >= 0.3 is 0 Å². The Labute approximate surface area is 208 Å². The average Bonchev–Trinajstić information content (AvgIpc) is 3.56. The number of rotatable bonds is 8. The second kappa shape index (κ2) is 10.2. The lowest BCUT2D eigenvalue weighted by Gasteiger charge is -2.25. The summed E-state index contributed by atoms with van der Waals surface area (Å²) >= 11 is 1.64. The van der Waals surface area contributed by atoms with Crippen LogP contribution in [0.1, 0.15) is 51.0 Å². The van der Waals surface area contributed by atoms with Crippen molar-refractivity contribution in [1.82, 2.24) is 4.98 Å². The van der Waals surface area contributed by atoms with Gasteiger partial charge in [0.15, 0.2) is 5.76 Å². The minimum atomic E-state index is -0.309. The smallest absolute Gasteiger partial charge is 0.291 e. The number of anilines is 2. The summed E-state index contributed by atoms with van der Waals surface area (Å²) < 4.78 is 16.6. The van der Waals surface area contributed by atoms with E-state index in [9.17, 15) is 4.79 Å². The molecule has 1 aliphatic rings. The fourth-order valence-corrected chi connectivity index (χ4v) is 5.84. The predicted octanol–water partition coefficient (Wildman–Crippen LogP) is 6.09. The van der Waals surface area contributed by atoms with E-state index in [4.69, 9.17) is 13.9 Å². The van der Waals surface area contributed by atoms with Crippen LogP contribution >= 0.6 is 11.3 Å². The Morgan fingerprint density at radius 2 is 1.97 bits per heavy atom. The molecule has 0 aliphatic heterocycles. The minimum absolute atomic E-state index is 0.270. The van der Waals surface area contributed by atoms with Gasteiger partial charge in [-0.3, -0.25) is 4.79 Å². The number of furan rings is 1. The fourth-order valence-electron chi connectivity index (χ4n) is 4.52. The van der Waals surface area contributed by atoms with Gasteiger partial charge in [0.05, 0.1) is 26.5 Å². The monoisotopic (exact) mass is 489 g/mol. The third kappa shape index (κ3) is 4.74. The maximum absolute atomic E-state index is 13.0. The Morgan fingerprint density at radius 3 is 2.71 bits per heavy atom. The number of hydrogen-bond donors (Lipinski definition) is 2. The Balaban J connectivity index is 1.65. The van der Waals surface area contributed by atoms with Crippen molar-refractivity contribution in [3.63, 3.8) is 0 Å². The first-order chi connectivity index (χ1) is 17.2. The lowest BCUT2D eigenvalue weighted by molar-refractivity contribution is 0.0997. The van der Waals surface area contributed by atoms with Crippen LogP contribution in [0.15, 0.2) is 65.4 Å². The van der Waals surface area contributed by atoms with Crippen molar-refractivity contribution in [1.29, 1.82) is 0 Å². The van der Waals surface area contributed by atoms with Crippen LogP contribution in [0.3, 0.4) is 0 Å². The van der Waals surface area contributed by atoms with Crippen LogP contribution in [0.4, 0.5) is 10.8 Å². The van der Waals surface area contributed by atoms with E-state index >= 15 is 0 Å². The molecule has 5 rings (SSSR count). The lowest BCUT2D eigenvalue weighted by atomic mass is 9.89. The maximum atomic E-state index is 13.0. The molecule has 1 unspecified atom stereocenters. The zero-order chi connectivity index (χ0) is 24.2. The normalized spacial score (nSPS) is 13.5. The van der Waals surface area contributed by atoms with Gasteiger partial charge in [-0.05, 0) is 67.6 Å². The van der Waals surface area contributed by atoms with Crippen LogP contribution in [-0.2, 0) is 12.8 Å². The molecule has 3 heterocycles. The third-order valence-corrected chi connectivity index (χ3v) is 7.40. The molecule has 1 aromatic carbocycles. The molecule has 180 valence electrons. The molecule has 2 N–H and O–H groups in total. The van der Waals surface area contributed by atoms with Crippen molar-refractivity contribution in [3.05, 3.63) is 88.3 Å². The van der Waals surface area contributed by atoms with E-state index < -0.39 is 0 Å². The molecule has 0 fully saturated rings. The first-order valence-electron chi connectivity index (χ1n) is 11.6. The number of fused-ring (bicyclic) bond motifs is 1. The van der Waals surface area contributed by atoms with E-state index in [1.54, 1.807) is 43.9 Å². The van der Waals surface area contributed by atoms with Gasteiger partial charge in [-0.15, -0.1) is 11.3 Å². The van der Waals surface area contributed by atoms with Gasteiger partial charge in [0.2, 0.25) is 0 Å². The number of pyridine rings is 1. The predicted molar refractivity (Wildman–Crippen MR) is 137 cm³/mol. The number of carbonyl (C=O) groups is 1. The average molecular weight is 490 g/mol. The number of methoxy groups -OCH3 is 2. The van der Waals surface area contributed by atoms with Gasteiger partial charge in [0, 0.05) is 28.3 Å². The van der Waals surface area contributed by atoms with Crippen molar-refractivity contribution in [3.8, 4) is 11.5 Å². The Hall–Kier alpha value is -3.78. The second-order valence-corrected chi connectivity index (χ2v) is 9.39. The van der Waals surface area contributed by atoms with Crippen LogP contribution in [0, 0.1) is 0 Å². The first-order valence-corrected chi connectivity index (χ1v) is 12.4. The Morgan fingerprint density at radius 1 is 1.09 bits per heavy atom. The molecule has 0 saturated carbocycles. The van der Waals surface area contributed by atoms with Crippen molar-refractivity contribution in [2.75, 3.05) is 24.9 Å². The minimum Gasteiger partial charge on any atom is -0.497 e. The van der Waals surface area contributed by atoms with Gasteiger partial charge in [-0.2, -0.15) is 0 Å². The van der Waals surface area contributed by atoms with Crippen LogP contribution in [0.25, 0.3) is 0 Å². The summed E-state index contributed by atoms with van der Waals surface area (Å²) in [5.74, 6) is 2.14. The van der Waals surface area contributed by atoms with E-state index in [0.717, 1.165) is 47.6 Å².